The molecular formula is C13H14BrClN2O3. The average Bonchev–Trinajstić information content (AvgIpc) is 2.67. The Bertz CT molecular complexity index is 649. The van der Waals surface area contributed by atoms with Gasteiger partial charge in [0.15, 0.2) is 5.58 Å². The first-order chi connectivity index (χ1) is 9.24. The van der Waals surface area contributed by atoms with Crippen molar-refractivity contribution in [3.05, 3.63) is 27.5 Å². The highest BCUT2D eigenvalue weighted by atomic mass is 79.9. The number of hydrogen-bond donors (Lipinski definition) is 1. The number of nitrogens with zero attached hydrogens (tertiary/aromatic N) is 1. The van der Waals surface area contributed by atoms with Crippen molar-refractivity contribution in [3.8, 4) is 0 Å². The summed E-state index contributed by atoms with van der Waals surface area (Å²) in [6, 6.07) is 3.52. The molecule has 1 amide bonds. The van der Waals surface area contributed by atoms with Gasteiger partial charge >= 0.3 is 6.09 Å². The first kappa shape index (κ1) is 15.1. The molecule has 0 atom stereocenters. The minimum atomic E-state index is -0.542. The molecule has 0 radical (unpaired) electrons. The van der Waals surface area contributed by atoms with Crippen molar-refractivity contribution in [2.75, 3.05) is 0 Å². The molecule has 0 unspecified atom stereocenters. The molecule has 1 N–H and O–H groups in total. The fourth-order valence-corrected chi connectivity index (χ4v) is 2.37. The van der Waals surface area contributed by atoms with Crippen LogP contribution >= 0.6 is 27.5 Å². The van der Waals surface area contributed by atoms with E-state index in [4.69, 9.17) is 20.8 Å². The van der Waals surface area contributed by atoms with E-state index >= 15 is 0 Å². The lowest BCUT2D eigenvalue weighted by atomic mass is 10.2. The Labute approximate surface area is 129 Å². The Hall–Kier alpha value is -1.27. The molecule has 108 valence electrons. The van der Waals surface area contributed by atoms with E-state index < -0.39 is 11.7 Å². The average molecular weight is 362 g/mol. The largest absolute Gasteiger partial charge is 0.444 e. The maximum atomic E-state index is 11.5. The SMILES string of the molecule is CC(C)(C)OC(=O)NCc1nc2cc(Br)cc(Cl)c2o1. The van der Waals surface area contributed by atoms with Gasteiger partial charge in [0.05, 0.1) is 11.6 Å². The summed E-state index contributed by atoms with van der Waals surface area (Å²) >= 11 is 9.38. The van der Waals surface area contributed by atoms with Crippen LogP contribution in [0.4, 0.5) is 4.79 Å². The normalized spacial score (nSPS) is 11.7. The molecule has 5 nitrogen and oxygen atoms in total. The van der Waals surface area contributed by atoms with Crippen LogP contribution in [0.5, 0.6) is 0 Å². The second-order valence-electron chi connectivity index (χ2n) is 5.20. The van der Waals surface area contributed by atoms with E-state index in [9.17, 15) is 4.79 Å². The number of alkyl carbamates (subject to hydrolysis) is 1. The number of halogens is 2. The number of carbonyl (C=O) groups is 1. The van der Waals surface area contributed by atoms with Gasteiger partial charge in [-0.2, -0.15) is 0 Å². The first-order valence-corrected chi connectivity index (χ1v) is 7.13. The summed E-state index contributed by atoms with van der Waals surface area (Å²) < 4.78 is 11.4. The molecule has 2 aromatic rings. The maximum Gasteiger partial charge on any atom is 0.408 e. The Morgan fingerprint density at radius 3 is 2.85 bits per heavy atom. The van der Waals surface area contributed by atoms with E-state index in [1.807, 2.05) is 0 Å². The Morgan fingerprint density at radius 1 is 1.50 bits per heavy atom. The van der Waals surface area contributed by atoms with Gasteiger partial charge in [-0.25, -0.2) is 9.78 Å². The third kappa shape index (κ3) is 3.86. The van der Waals surface area contributed by atoms with Gasteiger partial charge in [-0.15, -0.1) is 0 Å². The van der Waals surface area contributed by atoms with Gasteiger partial charge in [0.1, 0.15) is 11.1 Å². The summed E-state index contributed by atoms with van der Waals surface area (Å²) in [6.45, 7) is 5.52. The minimum Gasteiger partial charge on any atom is -0.444 e. The number of oxazole rings is 1. The van der Waals surface area contributed by atoms with Crippen LogP contribution in [0.25, 0.3) is 11.1 Å². The molecule has 0 aliphatic heterocycles. The van der Waals surface area contributed by atoms with E-state index in [1.165, 1.54) is 0 Å². The summed E-state index contributed by atoms with van der Waals surface area (Å²) in [5.41, 5.74) is 0.584. The van der Waals surface area contributed by atoms with Crippen molar-refractivity contribution in [1.29, 1.82) is 0 Å². The summed E-state index contributed by atoms with van der Waals surface area (Å²) in [5, 5.41) is 3.04. The molecule has 20 heavy (non-hydrogen) atoms. The molecule has 0 saturated heterocycles. The molecule has 0 saturated carbocycles. The molecule has 7 heteroatoms. The van der Waals surface area contributed by atoms with Crippen molar-refractivity contribution in [2.24, 2.45) is 0 Å². The van der Waals surface area contributed by atoms with Crippen molar-refractivity contribution in [2.45, 2.75) is 32.9 Å². The highest BCUT2D eigenvalue weighted by Gasteiger charge is 2.17. The summed E-state index contributed by atoms with van der Waals surface area (Å²) in [5.74, 6) is 0.367. The molecule has 1 heterocycles. The van der Waals surface area contributed by atoms with E-state index in [-0.39, 0.29) is 6.54 Å². The van der Waals surface area contributed by atoms with Crippen LogP contribution in [0.2, 0.25) is 5.02 Å². The molecular weight excluding hydrogens is 348 g/mol. The molecule has 0 fully saturated rings. The second kappa shape index (κ2) is 5.61. The summed E-state index contributed by atoms with van der Waals surface area (Å²) in [7, 11) is 0. The molecule has 0 aliphatic rings. The van der Waals surface area contributed by atoms with Gasteiger partial charge in [-0.3, -0.25) is 0 Å². The lowest BCUT2D eigenvalue weighted by Gasteiger charge is -2.19. The minimum absolute atomic E-state index is 0.136. The van der Waals surface area contributed by atoms with Crippen LogP contribution in [0, 0.1) is 0 Å². The van der Waals surface area contributed by atoms with Crippen LogP contribution in [0.1, 0.15) is 26.7 Å². The summed E-state index contributed by atoms with van der Waals surface area (Å²) in [4.78, 5) is 15.8. The Balaban J connectivity index is 2.08. The van der Waals surface area contributed by atoms with Crippen LogP contribution in [-0.4, -0.2) is 16.7 Å². The Morgan fingerprint density at radius 2 is 2.20 bits per heavy atom. The number of benzene rings is 1. The molecule has 1 aromatic heterocycles. The van der Waals surface area contributed by atoms with Crippen molar-refractivity contribution in [3.63, 3.8) is 0 Å². The molecule has 2 rings (SSSR count). The van der Waals surface area contributed by atoms with Crippen LogP contribution < -0.4 is 5.32 Å². The number of aromatic nitrogens is 1. The van der Waals surface area contributed by atoms with Crippen molar-refractivity contribution in [1.82, 2.24) is 10.3 Å². The van der Waals surface area contributed by atoms with Gasteiger partial charge in [-0.1, -0.05) is 27.5 Å². The molecule has 0 bridgehead atoms. The van der Waals surface area contributed by atoms with E-state index in [2.05, 4.69) is 26.2 Å². The second-order valence-corrected chi connectivity index (χ2v) is 6.52. The number of rotatable bonds is 2. The monoisotopic (exact) mass is 360 g/mol. The highest BCUT2D eigenvalue weighted by Crippen LogP contribution is 2.28. The molecule has 0 spiro atoms. The zero-order valence-electron chi connectivity index (χ0n) is 11.3. The van der Waals surface area contributed by atoms with Crippen LogP contribution in [-0.2, 0) is 11.3 Å². The fourth-order valence-electron chi connectivity index (χ4n) is 1.54. The number of nitrogens with one attached hydrogen (secondary N) is 1. The predicted molar refractivity (Wildman–Crippen MR) is 79.8 cm³/mol. The smallest absolute Gasteiger partial charge is 0.408 e. The quantitative estimate of drug-likeness (QED) is 0.867. The Kier molecular flexibility index (Phi) is 4.25. The molecule has 1 aromatic carbocycles. The fraction of sp³-hybridized carbons (Fsp3) is 0.385. The third-order valence-corrected chi connectivity index (χ3v) is 2.98. The number of hydrogen-bond acceptors (Lipinski definition) is 4. The lowest BCUT2D eigenvalue weighted by molar-refractivity contribution is 0.0519. The topological polar surface area (TPSA) is 64.4 Å². The third-order valence-electron chi connectivity index (χ3n) is 2.24. The number of carbonyl (C=O) groups excluding carboxylic acids is 1. The van der Waals surface area contributed by atoms with Crippen molar-refractivity contribution >= 4 is 44.7 Å². The van der Waals surface area contributed by atoms with E-state index in [1.54, 1.807) is 32.9 Å². The standard InChI is InChI=1S/C13H14BrClN2O3/c1-13(2,3)20-12(18)16-6-10-17-9-5-7(14)4-8(15)11(9)19-10/h4-5H,6H2,1-3H3,(H,16,18). The van der Waals surface area contributed by atoms with Gasteiger partial charge in [0, 0.05) is 4.47 Å². The van der Waals surface area contributed by atoms with Gasteiger partial charge in [-0.05, 0) is 32.9 Å². The van der Waals surface area contributed by atoms with Gasteiger partial charge in [0.25, 0.3) is 0 Å². The van der Waals surface area contributed by atoms with E-state index in [0.717, 1.165) is 4.47 Å². The number of ether oxygens (including phenoxy) is 1. The highest BCUT2D eigenvalue weighted by molar-refractivity contribution is 9.10. The number of amides is 1. The molecule has 0 aliphatic carbocycles. The summed E-state index contributed by atoms with van der Waals surface area (Å²) in [6.07, 6.45) is -0.521. The zero-order chi connectivity index (χ0) is 14.9. The van der Waals surface area contributed by atoms with E-state index in [0.29, 0.717) is 22.0 Å². The van der Waals surface area contributed by atoms with Crippen LogP contribution in [0.3, 0.4) is 0 Å². The van der Waals surface area contributed by atoms with Crippen LogP contribution in [0.15, 0.2) is 21.0 Å². The van der Waals surface area contributed by atoms with Gasteiger partial charge < -0.3 is 14.5 Å². The number of fused-ring (bicyclic) bond motifs is 1. The maximum absolute atomic E-state index is 11.5. The lowest BCUT2D eigenvalue weighted by Crippen LogP contribution is -2.32. The van der Waals surface area contributed by atoms with Gasteiger partial charge in [0.2, 0.25) is 5.89 Å². The predicted octanol–water partition coefficient (Wildman–Crippen LogP) is 4.27. The zero-order valence-corrected chi connectivity index (χ0v) is 13.6. The van der Waals surface area contributed by atoms with Crippen molar-refractivity contribution < 1.29 is 13.9 Å². The first-order valence-electron chi connectivity index (χ1n) is 5.96.